The Kier molecular flexibility index (Phi) is 3.77. The third-order valence-electron chi connectivity index (χ3n) is 3.01. The molecule has 0 amide bonds. The normalized spacial score (nSPS) is 11.5. The lowest BCUT2D eigenvalue weighted by atomic mass is 10.2. The Morgan fingerprint density at radius 1 is 1.13 bits per heavy atom. The number of halogens is 4. The van der Waals surface area contributed by atoms with Crippen molar-refractivity contribution in [3.05, 3.63) is 47.0 Å². The van der Waals surface area contributed by atoms with E-state index in [9.17, 15) is 27.2 Å². The highest BCUT2D eigenvalue weighted by Crippen LogP contribution is 2.33. The van der Waals surface area contributed by atoms with E-state index < -0.39 is 46.4 Å². The van der Waals surface area contributed by atoms with Gasteiger partial charge in [-0.15, -0.1) is 0 Å². The van der Waals surface area contributed by atoms with Gasteiger partial charge in [0.1, 0.15) is 11.4 Å². The fourth-order valence-corrected chi connectivity index (χ4v) is 2.00. The molecule has 0 atom stereocenters. The molecule has 0 fully saturated rings. The SMILES string of the molecule is Nc1c(C(=O)O)cn(-c2ccc(C(F)(F)F)c(F)c2)c1C(=O)O. The van der Waals surface area contributed by atoms with Crippen molar-refractivity contribution in [1.82, 2.24) is 4.57 Å². The maximum atomic E-state index is 13.6. The first-order chi connectivity index (χ1) is 10.5. The summed E-state index contributed by atoms with van der Waals surface area (Å²) in [5, 5.41) is 18.0. The fourth-order valence-electron chi connectivity index (χ4n) is 2.00. The fraction of sp³-hybridized carbons (Fsp3) is 0.0769. The van der Waals surface area contributed by atoms with Crippen LogP contribution in [0.4, 0.5) is 23.2 Å². The number of nitrogens with two attached hydrogens (primary N) is 1. The van der Waals surface area contributed by atoms with E-state index in [2.05, 4.69) is 0 Å². The van der Waals surface area contributed by atoms with Crippen LogP contribution in [0.3, 0.4) is 0 Å². The Hall–Kier alpha value is -3.04. The maximum Gasteiger partial charge on any atom is 0.419 e. The summed E-state index contributed by atoms with van der Waals surface area (Å²) in [5.74, 6) is -4.78. The van der Waals surface area contributed by atoms with Crippen molar-refractivity contribution in [2.75, 3.05) is 5.73 Å². The van der Waals surface area contributed by atoms with Crippen LogP contribution in [0.2, 0.25) is 0 Å². The van der Waals surface area contributed by atoms with Crippen LogP contribution >= 0.6 is 0 Å². The minimum atomic E-state index is -4.92. The highest BCUT2D eigenvalue weighted by molar-refractivity contribution is 6.02. The largest absolute Gasteiger partial charge is 0.478 e. The van der Waals surface area contributed by atoms with Crippen LogP contribution in [0, 0.1) is 5.82 Å². The van der Waals surface area contributed by atoms with Gasteiger partial charge in [0.2, 0.25) is 0 Å². The zero-order valence-corrected chi connectivity index (χ0v) is 11.1. The zero-order valence-electron chi connectivity index (χ0n) is 11.1. The minimum absolute atomic E-state index is 0.313. The number of alkyl halides is 3. The summed E-state index contributed by atoms with van der Waals surface area (Å²) in [6.45, 7) is 0. The van der Waals surface area contributed by atoms with Crippen molar-refractivity contribution in [2.24, 2.45) is 0 Å². The van der Waals surface area contributed by atoms with Gasteiger partial charge >= 0.3 is 18.1 Å². The lowest BCUT2D eigenvalue weighted by Gasteiger charge is -2.11. The number of nitrogen functional groups attached to an aromatic ring is 1. The molecule has 0 saturated carbocycles. The number of aromatic carboxylic acids is 2. The van der Waals surface area contributed by atoms with Gasteiger partial charge < -0.3 is 20.5 Å². The minimum Gasteiger partial charge on any atom is -0.478 e. The summed E-state index contributed by atoms with van der Waals surface area (Å²) in [7, 11) is 0. The van der Waals surface area contributed by atoms with Crippen LogP contribution in [-0.2, 0) is 6.18 Å². The topological polar surface area (TPSA) is 106 Å². The van der Waals surface area contributed by atoms with E-state index in [1.54, 1.807) is 0 Å². The molecule has 1 aromatic heterocycles. The molecule has 2 rings (SSSR count). The second-order valence-corrected chi connectivity index (χ2v) is 4.45. The molecule has 0 spiro atoms. The van der Waals surface area contributed by atoms with Crippen LogP contribution in [0.25, 0.3) is 5.69 Å². The predicted molar refractivity (Wildman–Crippen MR) is 69.1 cm³/mol. The van der Waals surface area contributed by atoms with Crippen molar-refractivity contribution < 1.29 is 37.4 Å². The summed E-state index contributed by atoms with van der Waals surface area (Å²) in [6.07, 6.45) is -4.12. The van der Waals surface area contributed by atoms with Crippen molar-refractivity contribution in [3.63, 3.8) is 0 Å². The highest BCUT2D eigenvalue weighted by atomic mass is 19.4. The van der Waals surface area contributed by atoms with E-state index >= 15 is 0 Å². The number of nitrogens with zero attached hydrogens (tertiary/aromatic N) is 1. The van der Waals surface area contributed by atoms with Gasteiger partial charge in [0.25, 0.3) is 0 Å². The van der Waals surface area contributed by atoms with Crippen molar-refractivity contribution >= 4 is 17.6 Å². The molecule has 0 radical (unpaired) electrons. The number of carboxylic acids is 2. The van der Waals surface area contributed by atoms with Gasteiger partial charge in [-0.05, 0) is 18.2 Å². The third-order valence-corrected chi connectivity index (χ3v) is 3.01. The average molecular weight is 332 g/mol. The van der Waals surface area contributed by atoms with Crippen LogP contribution < -0.4 is 5.73 Å². The molecular formula is C13H8F4N2O4. The molecule has 10 heteroatoms. The van der Waals surface area contributed by atoms with E-state index in [4.69, 9.17) is 15.9 Å². The Balaban J connectivity index is 2.68. The number of hydrogen-bond donors (Lipinski definition) is 3. The summed E-state index contributed by atoms with van der Waals surface area (Å²) in [5.41, 5.74) is 1.73. The molecule has 4 N–H and O–H groups in total. The molecule has 0 saturated heterocycles. The van der Waals surface area contributed by atoms with Crippen molar-refractivity contribution in [3.8, 4) is 5.69 Å². The van der Waals surface area contributed by atoms with Crippen LogP contribution in [-0.4, -0.2) is 26.7 Å². The van der Waals surface area contributed by atoms with E-state index in [0.717, 1.165) is 12.3 Å². The standard InChI is InChI=1S/C13H8F4N2O4/c14-8-3-5(1-2-7(8)13(15,16)17)19-4-6(11(20)21)9(18)10(19)12(22)23/h1-4H,18H2,(H,20,21)(H,22,23). The Morgan fingerprint density at radius 2 is 1.74 bits per heavy atom. The second-order valence-electron chi connectivity index (χ2n) is 4.45. The van der Waals surface area contributed by atoms with Gasteiger partial charge in [0.15, 0.2) is 5.69 Å². The number of hydrogen-bond acceptors (Lipinski definition) is 3. The van der Waals surface area contributed by atoms with E-state index in [-0.39, 0.29) is 5.69 Å². The summed E-state index contributed by atoms with van der Waals surface area (Å²) in [4.78, 5) is 22.2. The summed E-state index contributed by atoms with van der Waals surface area (Å²) in [6, 6.07) is 1.68. The second kappa shape index (κ2) is 5.30. The number of carboxylic acid groups (broad SMARTS) is 2. The number of benzene rings is 1. The number of anilines is 1. The first-order valence-corrected chi connectivity index (χ1v) is 5.88. The van der Waals surface area contributed by atoms with Gasteiger partial charge in [-0.3, -0.25) is 0 Å². The molecule has 1 heterocycles. The van der Waals surface area contributed by atoms with Gasteiger partial charge in [-0.1, -0.05) is 0 Å². The van der Waals surface area contributed by atoms with Gasteiger partial charge in [-0.25, -0.2) is 14.0 Å². The maximum absolute atomic E-state index is 13.6. The lowest BCUT2D eigenvalue weighted by molar-refractivity contribution is -0.140. The summed E-state index contributed by atoms with van der Waals surface area (Å²) < 4.78 is 51.9. The molecule has 0 aliphatic carbocycles. The molecule has 0 aliphatic rings. The van der Waals surface area contributed by atoms with Crippen molar-refractivity contribution in [1.29, 1.82) is 0 Å². The Morgan fingerprint density at radius 3 is 2.17 bits per heavy atom. The number of aromatic nitrogens is 1. The molecule has 0 unspecified atom stereocenters. The first kappa shape index (κ1) is 16.3. The monoisotopic (exact) mass is 332 g/mol. The molecule has 0 bridgehead atoms. The molecule has 122 valence electrons. The molecule has 1 aromatic carbocycles. The molecule has 0 aliphatic heterocycles. The van der Waals surface area contributed by atoms with Crippen molar-refractivity contribution in [2.45, 2.75) is 6.18 Å². The number of carbonyl (C=O) groups is 2. The average Bonchev–Trinajstić information content (AvgIpc) is 2.74. The molecule has 2 aromatic rings. The van der Waals surface area contributed by atoms with Crippen LogP contribution in [0.15, 0.2) is 24.4 Å². The predicted octanol–water partition coefficient (Wildman–Crippen LogP) is 2.61. The summed E-state index contributed by atoms with van der Waals surface area (Å²) >= 11 is 0. The smallest absolute Gasteiger partial charge is 0.419 e. The van der Waals surface area contributed by atoms with E-state index in [1.165, 1.54) is 0 Å². The van der Waals surface area contributed by atoms with Crippen LogP contribution in [0.1, 0.15) is 26.4 Å². The Bertz CT molecular complexity index is 811. The zero-order chi connectivity index (χ0) is 17.5. The lowest BCUT2D eigenvalue weighted by Crippen LogP contribution is -2.11. The van der Waals surface area contributed by atoms with Crippen LogP contribution in [0.5, 0.6) is 0 Å². The quantitative estimate of drug-likeness (QED) is 0.749. The van der Waals surface area contributed by atoms with E-state index in [1.807, 2.05) is 0 Å². The van der Waals surface area contributed by atoms with Gasteiger partial charge in [-0.2, -0.15) is 13.2 Å². The first-order valence-electron chi connectivity index (χ1n) is 5.88. The molecule has 23 heavy (non-hydrogen) atoms. The molecular weight excluding hydrogens is 324 g/mol. The highest BCUT2D eigenvalue weighted by Gasteiger charge is 2.34. The number of rotatable bonds is 3. The van der Waals surface area contributed by atoms with Gasteiger partial charge in [0, 0.05) is 11.9 Å². The Labute approximate surface area is 125 Å². The third kappa shape index (κ3) is 2.82. The van der Waals surface area contributed by atoms with Gasteiger partial charge in [0.05, 0.1) is 11.3 Å². The molecule has 6 nitrogen and oxygen atoms in total. The van der Waals surface area contributed by atoms with E-state index in [0.29, 0.717) is 16.7 Å².